The first-order chi connectivity index (χ1) is 9.65. The molecule has 1 atom stereocenters. The van der Waals surface area contributed by atoms with Crippen LogP contribution in [0.25, 0.3) is 0 Å². The van der Waals surface area contributed by atoms with Crippen LogP contribution >= 0.6 is 11.6 Å². The molecule has 1 N–H and O–H groups in total. The molecular weight excluding hydrogens is 277 g/mol. The summed E-state index contributed by atoms with van der Waals surface area (Å²) in [6, 6.07) is 12.6. The summed E-state index contributed by atoms with van der Waals surface area (Å²) < 4.78 is 19.2. The lowest BCUT2D eigenvalue weighted by atomic mass is 10.0. The van der Waals surface area contributed by atoms with Gasteiger partial charge in [-0.25, -0.2) is 4.39 Å². The Hall–Kier alpha value is -1.58. The Morgan fingerprint density at radius 1 is 1.20 bits per heavy atom. The molecule has 20 heavy (non-hydrogen) atoms. The fraction of sp³-hybridized carbons (Fsp3) is 0.250. The van der Waals surface area contributed by atoms with Crippen LogP contribution in [0.1, 0.15) is 24.9 Å². The molecule has 0 saturated heterocycles. The SMILES string of the molecule is CCC(NC)c1ccc(Oc2cccc(Cl)c2F)cc1. The third kappa shape index (κ3) is 3.30. The van der Waals surface area contributed by atoms with Gasteiger partial charge in [-0.05, 0) is 43.3 Å². The van der Waals surface area contributed by atoms with Gasteiger partial charge in [0.2, 0.25) is 0 Å². The van der Waals surface area contributed by atoms with Crippen LogP contribution in [0, 0.1) is 5.82 Å². The third-order valence-electron chi connectivity index (χ3n) is 3.18. The molecule has 2 rings (SSSR count). The second-order valence-corrected chi connectivity index (χ2v) is 4.88. The number of ether oxygens (including phenoxy) is 1. The van der Waals surface area contributed by atoms with Gasteiger partial charge in [-0.3, -0.25) is 0 Å². The summed E-state index contributed by atoms with van der Waals surface area (Å²) in [7, 11) is 1.93. The number of benzene rings is 2. The molecule has 106 valence electrons. The summed E-state index contributed by atoms with van der Waals surface area (Å²) >= 11 is 5.72. The molecule has 0 bridgehead atoms. The molecule has 0 radical (unpaired) electrons. The molecule has 0 fully saturated rings. The Balaban J connectivity index is 2.17. The average molecular weight is 294 g/mol. The quantitative estimate of drug-likeness (QED) is 0.843. The summed E-state index contributed by atoms with van der Waals surface area (Å²) in [5.74, 6) is 0.173. The number of halogens is 2. The maximum Gasteiger partial charge on any atom is 0.184 e. The normalized spacial score (nSPS) is 12.2. The molecule has 0 spiro atoms. The van der Waals surface area contributed by atoms with Crippen molar-refractivity contribution in [2.45, 2.75) is 19.4 Å². The molecule has 0 amide bonds. The van der Waals surface area contributed by atoms with Gasteiger partial charge in [0.25, 0.3) is 0 Å². The Morgan fingerprint density at radius 3 is 2.50 bits per heavy atom. The van der Waals surface area contributed by atoms with E-state index in [0.717, 1.165) is 6.42 Å². The van der Waals surface area contributed by atoms with Gasteiger partial charge in [0.05, 0.1) is 5.02 Å². The van der Waals surface area contributed by atoms with E-state index in [1.54, 1.807) is 12.1 Å². The number of nitrogens with one attached hydrogen (secondary N) is 1. The predicted molar refractivity (Wildman–Crippen MR) is 80.0 cm³/mol. The topological polar surface area (TPSA) is 21.3 Å². The van der Waals surface area contributed by atoms with Crippen molar-refractivity contribution in [3.63, 3.8) is 0 Å². The Morgan fingerprint density at radius 2 is 1.90 bits per heavy atom. The van der Waals surface area contributed by atoms with Crippen LogP contribution in [-0.2, 0) is 0 Å². The van der Waals surface area contributed by atoms with Crippen LogP contribution in [0.5, 0.6) is 11.5 Å². The van der Waals surface area contributed by atoms with E-state index in [2.05, 4.69) is 12.2 Å². The second kappa shape index (κ2) is 6.73. The lowest BCUT2D eigenvalue weighted by Gasteiger charge is -2.15. The van der Waals surface area contributed by atoms with E-state index in [0.29, 0.717) is 11.8 Å². The van der Waals surface area contributed by atoms with Crippen molar-refractivity contribution in [2.24, 2.45) is 0 Å². The van der Waals surface area contributed by atoms with Crippen molar-refractivity contribution in [1.29, 1.82) is 0 Å². The molecule has 2 nitrogen and oxygen atoms in total. The highest BCUT2D eigenvalue weighted by Gasteiger charge is 2.09. The lowest BCUT2D eigenvalue weighted by molar-refractivity contribution is 0.442. The summed E-state index contributed by atoms with van der Waals surface area (Å²) in [6.45, 7) is 2.12. The second-order valence-electron chi connectivity index (χ2n) is 4.47. The van der Waals surface area contributed by atoms with E-state index in [1.165, 1.54) is 11.6 Å². The summed E-state index contributed by atoms with van der Waals surface area (Å²) in [5, 5.41) is 3.29. The Labute approximate surface area is 123 Å². The lowest BCUT2D eigenvalue weighted by Crippen LogP contribution is -2.14. The number of hydrogen-bond donors (Lipinski definition) is 1. The van der Waals surface area contributed by atoms with Crippen molar-refractivity contribution in [1.82, 2.24) is 5.32 Å². The van der Waals surface area contributed by atoms with Gasteiger partial charge in [0.15, 0.2) is 11.6 Å². The minimum absolute atomic E-state index is 0.0559. The molecule has 0 aliphatic carbocycles. The van der Waals surface area contributed by atoms with Crippen LogP contribution in [0.3, 0.4) is 0 Å². The number of hydrogen-bond acceptors (Lipinski definition) is 2. The molecule has 2 aromatic carbocycles. The minimum Gasteiger partial charge on any atom is -0.454 e. The zero-order chi connectivity index (χ0) is 14.5. The van der Waals surface area contributed by atoms with E-state index in [-0.39, 0.29) is 10.8 Å². The Kier molecular flexibility index (Phi) is 4.99. The van der Waals surface area contributed by atoms with E-state index in [4.69, 9.17) is 16.3 Å². The summed E-state index contributed by atoms with van der Waals surface area (Å²) in [6.07, 6.45) is 1.000. The highest BCUT2D eigenvalue weighted by atomic mass is 35.5. The van der Waals surface area contributed by atoms with Crippen LogP contribution in [0.15, 0.2) is 42.5 Å². The van der Waals surface area contributed by atoms with Crippen LogP contribution < -0.4 is 10.1 Å². The predicted octanol–water partition coefficient (Wildman–Crippen LogP) is 4.94. The van der Waals surface area contributed by atoms with E-state index in [1.807, 2.05) is 31.3 Å². The molecule has 0 aliphatic heterocycles. The molecule has 0 aromatic heterocycles. The van der Waals surface area contributed by atoms with Crippen molar-refractivity contribution < 1.29 is 9.13 Å². The van der Waals surface area contributed by atoms with Gasteiger partial charge in [-0.1, -0.05) is 36.7 Å². The highest BCUT2D eigenvalue weighted by molar-refractivity contribution is 6.30. The van der Waals surface area contributed by atoms with Crippen LogP contribution in [-0.4, -0.2) is 7.05 Å². The van der Waals surface area contributed by atoms with E-state index >= 15 is 0 Å². The van der Waals surface area contributed by atoms with E-state index in [9.17, 15) is 4.39 Å². The van der Waals surface area contributed by atoms with Crippen molar-refractivity contribution in [3.8, 4) is 11.5 Å². The standard InChI is InChI=1S/C16H17ClFNO/c1-3-14(19-2)11-7-9-12(10-8-11)20-15-6-4-5-13(17)16(15)18/h4-10,14,19H,3H2,1-2H3. The molecule has 4 heteroatoms. The third-order valence-corrected chi connectivity index (χ3v) is 3.48. The first kappa shape index (κ1) is 14.8. The van der Waals surface area contributed by atoms with Crippen molar-refractivity contribution >= 4 is 11.6 Å². The van der Waals surface area contributed by atoms with Gasteiger partial charge in [-0.15, -0.1) is 0 Å². The van der Waals surface area contributed by atoms with Gasteiger partial charge in [-0.2, -0.15) is 0 Å². The molecule has 1 unspecified atom stereocenters. The van der Waals surface area contributed by atoms with Gasteiger partial charge in [0, 0.05) is 6.04 Å². The van der Waals surface area contributed by atoms with Gasteiger partial charge >= 0.3 is 0 Å². The van der Waals surface area contributed by atoms with E-state index < -0.39 is 5.82 Å². The zero-order valence-corrected chi connectivity index (χ0v) is 12.2. The molecule has 0 heterocycles. The maximum atomic E-state index is 13.7. The summed E-state index contributed by atoms with van der Waals surface area (Å²) in [5.41, 5.74) is 1.17. The monoisotopic (exact) mass is 293 g/mol. The molecule has 0 aliphatic rings. The smallest absolute Gasteiger partial charge is 0.184 e. The van der Waals surface area contributed by atoms with Crippen LogP contribution in [0.2, 0.25) is 5.02 Å². The summed E-state index contributed by atoms with van der Waals surface area (Å²) in [4.78, 5) is 0. The molecule has 2 aromatic rings. The zero-order valence-electron chi connectivity index (χ0n) is 11.5. The largest absolute Gasteiger partial charge is 0.454 e. The maximum absolute atomic E-state index is 13.7. The minimum atomic E-state index is -0.542. The highest BCUT2D eigenvalue weighted by Crippen LogP contribution is 2.29. The molecular formula is C16H17ClFNO. The fourth-order valence-electron chi connectivity index (χ4n) is 2.06. The average Bonchev–Trinajstić information content (AvgIpc) is 2.47. The van der Waals surface area contributed by atoms with Crippen LogP contribution in [0.4, 0.5) is 4.39 Å². The fourth-order valence-corrected chi connectivity index (χ4v) is 2.23. The number of rotatable bonds is 5. The Bertz CT molecular complexity index is 567. The first-order valence-corrected chi connectivity index (χ1v) is 6.92. The van der Waals surface area contributed by atoms with Gasteiger partial charge in [0.1, 0.15) is 5.75 Å². The van der Waals surface area contributed by atoms with Crippen molar-refractivity contribution in [2.75, 3.05) is 7.05 Å². The van der Waals surface area contributed by atoms with Crippen molar-refractivity contribution in [3.05, 3.63) is 58.9 Å². The first-order valence-electron chi connectivity index (χ1n) is 6.54. The molecule has 0 saturated carbocycles. The van der Waals surface area contributed by atoms with Gasteiger partial charge < -0.3 is 10.1 Å².